The van der Waals surface area contributed by atoms with E-state index >= 15 is 0 Å². The third kappa shape index (κ3) is 3.04. The topological polar surface area (TPSA) is 68.0 Å². The lowest BCUT2D eigenvalue weighted by molar-refractivity contribution is -0.124. The number of nitrogens with two attached hydrogens (primary N) is 1. The van der Waals surface area contributed by atoms with Crippen LogP contribution in [0.4, 0.5) is 0 Å². The summed E-state index contributed by atoms with van der Waals surface area (Å²) >= 11 is 1.74. The van der Waals surface area contributed by atoms with Gasteiger partial charge in [0.1, 0.15) is 5.01 Å². The molecule has 1 aliphatic carbocycles. The lowest BCUT2D eigenvalue weighted by Gasteiger charge is -2.07. The van der Waals surface area contributed by atoms with Gasteiger partial charge in [-0.25, -0.2) is 4.98 Å². The molecular weight excluding hydrogens is 234 g/mol. The molecule has 0 aliphatic heterocycles. The normalized spacial score (nSPS) is 16.4. The van der Waals surface area contributed by atoms with Gasteiger partial charge in [-0.05, 0) is 25.7 Å². The van der Waals surface area contributed by atoms with Gasteiger partial charge in [-0.15, -0.1) is 11.3 Å². The number of amides is 1. The molecule has 94 valence electrons. The minimum atomic E-state index is -0.121. The summed E-state index contributed by atoms with van der Waals surface area (Å²) in [6.45, 7) is 2.77. The number of fused-ring (bicyclic) bond motifs is 1. The van der Waals surface area contributed by atoms with Crippen molar-refractivity contribution in [2.24, 2.45) is 11.7 Å². The maximum Gasteiger partial charge on any atom is 0.224 e. The van der Waals surface area contributed by atoms with E-state index in [4.69, 9.17) is 5.73 Å². The van der Waals surface area contributed by atoms with E-state index in [1.807, 2.05) is 6.92 Å². The highest BCUT2D eigenvalue weighted by Crippen LogP contribution is 2.26. The largest absolute Gasteiger partial charge is 0.349 e. The highest BCUT2D eigenvalue weighted by Gasteiger charge is 2.16. The predicted octanol–water partition coefficient (Wildman–Crippen LogP) is 1.23. The first-order valence-electron chi connectivity index (χ1n) is 6.16. The number of thiazole rings is 1. The monoisotopic (exact) mass is 253 g/mol. The molecule has 0 fully saturated rings. The molecule has 0 bridgehead atoms. The van der Waals surface area contributed by atoms with Crippen molar-refractivity contribution in [1.29, 1.82) is 0 Å². The van der Waals surface area contributed by atoms with Gasteiger partial charge in [0, 0.05) is 17.3 Å². The van der Waals surface area contributed by atoms with E-state index < -0.39 is 0 Å². The van der Waals surface area contributed by atoms with Gasteiger partial charge in [0.05, 0.1) is 12.2 Å². The van der Waals surface area contributed by atoms with Crippen molar-refractivity contribution >= 4 is 17.2 Å². The van der Waals surface area contributed by atoms with Crippen LogP contribution in [-0.2, 0) is 24.2 Å². The smallest absolute Gasteiger partial charge is 0.224 e. The summed E-state index contributed by atoms with van der Waals surface area (Å²) < 4.78 is 0. The molecular formula is C12H19N3OS. The van der Waals surface area contributed by atoms with Crippen LogP contribution in [0, 0.1) is 5.92 Å². The van der Waals surface area contributed by atoms with E-state index in [-0.39, 0.29) is 11.8 Å². The molecule has 1 atom stereocenters. The Bertz CT molecular complexity index is 379. The van der Waals surface area contributed by atoms with Crippen molar-refractivity contribution < 1.29 is 4.79 Å². The Hall–Kier alpha value is -0.940. The number of aromatic nitrogens is 1. The summed E-state index contributed by atoms with van der Waals surface area (Å²) in [6.07, 6.45) is 4.76. The second kappa shape index (κ2) is 5.60. The quantitative estimate of drug-likeness (QED) is 0.848. The molecule has 4 nitrogen and oxygen atoms in total. The molecule has 17 heavy (non-hydrogen) atoms. The van der Waals surface area contributed by atoms with Crippen molar-refractivity contribution in [3.63, 3.8) is 0 Å². The maximum absolute atomic E-state index is 11.6. The summed E-state index contributed by atoms with van der Waals surface area (Å²) in [4.78, 5) is 17.6. The maximum atomic E-state index is 11.6. The fourth-order valence-corrected chi connectivity index (χ4v) is 3.02. The highest BCUT2D eigenvalue weighted by molar-refractivity contribution is 7.11. The molecule has 5 heteroatoms. The third-order valence-electron chi connectivity index (χ3n) is 3.10. The van der Waals surface area contributed by atoms with Gasteiger partial charge >= 0.3 is 0 Å². The predicted molar refractivity (Wildman–Crippen MR) is 68.8 cm³/mol. The van der Waals surface area contributed by atoms with Crippen molar-refractivity contribution in [1.82, 2.24) is 10.3 Å². The van der Waals surface area contributed by atoms with Crippen LogP contribution in [-0.4, -0.2) is 17.4 Å². The number of nitrogens with zero attached hydrogens (tertiary/aromatic N) is 1. The van der Waals surface area contributed by atoms with Crippen molar-refractivity contribution in [2.75, 3.05) is 6.54 Å². The first-order chi connectivity index (χ1) is 8.20. The number of hydrogen-bond donors (Lipinski definition) is 2. The molecule has 0 aromatic carbocycles. The van der Waals surface area contributed by atoms with Crippen LogP contribution < -0.4 is 11.1 Å². The number of hydrogen-bond acceptors (Lipinski definition) is 4. The van der Waals surface area contributed by atoms with Gasteiger partial charge < -0.3 is 11.1 Å². The summed E-state index contributed by atoms with van der Waals surface area (Å²) in [7, 11) is 0. The molecule has 1 amide bonds. The second-order valence-corrected chi connectivity index (χ2v) is 5.71. The molecule has 0 saturated heterocycles. The van der Waals surface area contributed by atoms with E-state index in [0.717, 1.165) is 17.8 Å². The lowest BCUT2D eigenvalue weighted by atomic mass is 10.0. The van der Waals surface area contributed by atoms with Crippen LogP contribution in [0.1, 0.15) is 35.3 Å². The molecule has 0 saturated carbocycles. The molecule has 1 heterocycles. The number of aryl methyl sites for hydroxylation is 2. The Balaban J connectivity index is 1.91. The Morgan fingerprint density at radius 3 is 3.00 bits per heavy atom. The van der Waals surface area contributed by atoms with Gasteiger partial charge in [-0.3, -0.25) is 4.79 Å². The van der Waals surface area contributed by atoms with Crippen LogP contribution >= 0.6 is 11.3 Å². The Morgan fingerprint density at radius 1 is 1.53 bits per heavy atom. The van der Waals surface area contributed by atoms with Crippen LogP contribution in [0.25, 0.3) is 0 Å². The Labute approximate surface area is 106 Å². The second-order valence-electron chi connectivity index (χ2n) is 4.54. The fourth-order valence-electron chi connectivity index (χ4n) is 1.93. The van der Waals surface area contributed by atoms with E-state index in [0.29, 0.717) is 13.1 Å². The zero-order valence-corrected chi connectivity index (χ0v) is 11.0. The third-order valence-corrected chi connectivity index (χ3v) is 4.26. The molecule has 3 N–H and O–H groups in total. The molecule has 1 aromatic heterocycles. The van der Waals surface area contributed by atoms with Gasteiger partial charge in [0.25, 0.3) is 0 Å². The average Bonchev–Trinajstić information content (AvgIpc) is 2.77. The highest BCUT2D eigenvalue weighted by atomic mass is 32.1. The van der Waals surface area contributed by atoms with Crippen LogP contribution in [0.15, 0.2) is 0 Å². The fraction of sp³-hybridized carbons (Fsp3) is 0.667. The van der Waals surface area contributed by atoms with Crippen LogP contribution in [0.2, 0.25) is 0 Å². The van der Waals surface area contributed by atoms with Gasteiger partial charge in [0.15, 0.2) is 0 Å². The number of nitrogens with one attached hydrogen (secondary N) is 1. The van der Waals surface area contributed by atoms with Gasteiger partial charge in [-0.1, -0.05) is 6.92 Å². The summed E-state index contributed by atoms with van der Waals surface area (Å²) in [5.74, 6) is -0.106. The molecule has 0 spiro atoms. The number of carbonyl (C=O) groups is 1. The van der Waals surface area contributed by atoms with E-state index in [1.165, 1.54) is 23.4 Å². The molecule has 1 unspecified atom stereocenters. The molecule has 1 aromatic rings. The Kier molecular flexibility index (Phi) is 4.12. The first kappa shape index (κ1) is 12.5. The Morgan fingerprint density at radius 2 is 2.29 bits per heavy atom. The van der Waals surface area contributed by atoms with E-state index in [1.54, 1.807) is 11.3 Å². The zero-order valence-electron chi connectivity index (χ0n) is 10.2. The minimum Gasteiger partial charge on any atom is -0.349 e. The molecule has 2 rings (SSSR count). The van der Waals surface area contributed by atoms with Gasteiger partial charge in [-0.2, -0.15) is 0 Å². The molecule has 0 radical (unpaired) electrons. The summed E-state index contributed by atoms with van der Waals surface area (Å²) in [5.41, 5.74) is 6.70. The van der Waals surface area contributed by atoms with Crippen LogP contribution in [0.5, 0.6) is 0 Å². The van der Waals surface area contributed by atoms with Gasteiger partial charge in [0.2, 0.25) is 5.91 Å². The van der Waals surface area contributed by atoms with Crippen LogP contribution in [0.3, 0.4) is 0 Å². The van der Waals surface area contributed by atoms with E-state index in [2.05, 4.69) is 10.3 Å². The SMILES string of the molecule is CC(CN)C(=O)NCc1nc2c(s1)CCCC2. The standard InChI is InChI=1S/C12H19N3OS/c1-8(6-13)12(16)14-7-11-15-9-4-2-3-5-10(9)17-11/h8H,2-7,13H2,1H3,(H,14,16). The first-order valence-corrected chi connectivity index (χ1v) is 6.97. The van der Waals surface area contributed by atoms with Crippen molar-refractivity contribution in [2.45, 2.75) is 39.2 Å². The summed E-state index contributed by atoms with van der Waals surface area (Å²) in [5, 5.41) is 3.91. The molecule has 1 aliphatic rings. The number of carbonyl (C=O) groups excluding carboxylic acids is 1. The number of rotatable bonds is 4. The van der Waals surface area contributed by atoms with Crippen molar-refractivity contribution in [3.05, 3.63) is 15.6 Å². The van der Waals surface area contributed by atoms with E-state index in [9.17, 15) is 4.79 Å². The zero-order chi connectivity index (χ0) is 12.3. The lowest BCUT2D eigenvalue weighted by Crippen LogP contribution is -2.32. The average molecular weight is 253 g/mol. The van der Waals surface area contributed by atoms with Crippen molar-refractivity contribution in [3.8, 4) is 0 Å². The summed E-state index contributed by atoms with van der Waals surface area (Å²) in [6, 6.07) is 0. The minimum absolute atomic E-state index is 0.0145.